The molecule has 0 heterocycles. The molecule has 0 aliphatic heterocycles. The highest BCUT2D eigenvalue weighted by Gasteiger charge is 2.09. The Morgan fingerprint density at radius 1 is 1.15 bits per heavy atom. The van der Waals surface area contributed by atoms with Gasteiger partial charge in [0.25, 0.3) is 0 Å². The summed E-state index contributed by atoms with van der Waals surface area (Å²) in [5.74, 6) is 1.60. The Bertz CT molecular complexity index is 583. The third kappa shape index (κ3) is 3.53. The van der Waals surface area contributed by atoms with Gasteiger partial charge in [-0.2, -0.15) is 0 Å². The van der Waals surface area contributed by atoms with Crippen molar-refractivity contribution < 1.29 is 4.74 Å². The van der Waals surface area contributed by atoms with Gasteiger partial charge >= 0.3 is 0 Å². The standard InChI is InChI=1S/C17H20ClNO/c1-4-13-6-5-7-14(10-13)20-15-8-9-16(12(2)19-3)17(18)11-15/h5-12,19H,4H2,1-3H3. The van der Waals surface area contributed by atoms with Crippen LogP contribution in [0.5, 0.6) is 11.5 Å². The summed E-state index contributed by atoms with van der Waals surface area (Å²) in [6.45, 7) is 4.20. The molecule has 20 heavy (non-hydrogen) atoms. The molecular weight excluding hydrogens is 270 g/mol. The van der Waals surface area contributed by atoms with E-state index in [2.05, 4.69) is 31.3 Å². The second-order valence-corrected chi connectivity index (χ2v) is 5.20. The first-order valence-electron chi connectivity index (χ1n) is 6.87. The first-order chi connectivity index (χ1) is 9.63. The lowest BCUT2D eigenvalue weighted by Gasteiger charge is -2.14. The summed E-state index contributed by atoms with van der Waals surface area (Å²) in [6.07, 6.45) is 0.997. The zero-order valence-electron chi connectivity index (χ0n) is 12.1. The molecular formula is C17H20ClNO. The third-order valence-corrected chi connectivity index (χ3v) is 3.74. The molecule has 3 heteroatoms. The van der Waals surface area contributed by atoms with Crippen molar-refractivity contribution in [3.63, 3.8) is 0 Å². The van der Waals surface area contributed by atoms with Crippen LogP contribution in [0.15, 0.2) is 42.5 Å². The molecule has 0 spiro atoms. The van der Waals surface area contributed by atoms with Crippen LogP contribution in [0.25, 0.3) is 0 Å². The van der Waals surface area contributed by atoms with Crippen molar-refractivity contribution in [2.45, 2.75) is 26.3 Å². The number of halogens is 1. The molecule has 0 aliphatic rings. The van der Waals surface area contributed by atoms with Crippen LogP contribution >= 0.6 is 11.6 Å². The minimum atomic E-state index is 0.222. The van der Waals surface area contributed by atoms with Crippen LogP contribution in [-0.2, 0) is 6.42 Å². The molecule has 2 nitrogen and oxygen atoms in total. The number of aryl methyl sites for hydroxylation is 1. The average Bonchev–Trinajstić information content (AvgIpc) is 2.47. The monoisotopic (exact) mass is 289 g/mol. The quantitative estimate of drug-likeness (QED) is 0.838. The Morgan fingerprint density at radius 2 is 1.90 bits per heavy atom. The second kappa shape index (κ2) is 6.78. The predicted molar refractivity (Wildman–Crippen MR) is 84.8 cm³/mol. The zero-order chi connectivity index (χ0) is 14.5. The third-order valence-electron chi connectivity index (χ3n) is 3.41. The van der Waals surface area contributed by atoms with Crippen LogP contribution in [0.2, 0.25) is 5.02 Å². The van der Waals surface area contributed by atoms with Gasteiger partial charge in [-0.3, -0.25) is 0 Å². The van der Waals surface area contributed by atoms with E-state index in [4.69, 9.17) is 16.3 Å². The zero-order valence-corrected chi connectivity index (χ0v) is 12.9. The molecule has 0 amide bonds. The Labute approximate surface area is 125 Å². The van der Waals surface area contributed by atoms with Gasteiger partial charge < -0.3 is 10.1 Å². The van der Waals surface area contributed by atoms with E-state index in [1.54, 1.807) is 0 Å². The lowest BCUT2D eigenvalue weighted by Crippen LogP contribution is -2.12. The summed E-state index contributed by atoms with van der Waals surface area (Å²) in [5.41, 5.74) is 2.33. The highest BCUT2D eigenvalue weighted by Crippen LogP contribution is 2.30. The van der Waals surface area contributed by atoms with Gasteiger partial charge in [0.1, 0.15) is 11.5 Å². The van der Waals surface area contributed by atoms with E-state index in [0.29, 0.717) is 0 Å². The largest absolute Gasteiger partial charge is 0.457 e. The van der Waals surface area contributed by atoms with Crippen LogP contribution in [0.4, 0.5) is 0 Å². The predicted octanol–water partition coefficient (Wildman–Crippen LogP) is 4.98. The van der Waals surface area contributed by atoms with Crippen LogP contribution in [0, 0.1) is 0 Å². The topological polar surface area (TPSA) is 21.3 Å². The summed E-state index contributed by atoms with van der Waals surface area (Å²) in [5, 5.41) is 3.90. The maximum Gasteiger partial charge on any atom is 0.128 e. The highest BCUT2D eigenvalue weighted by atomic mass is 35.5. The van der Waals surface area contributed by atoms with E-state index >= 15 is 0 Å². The van der Waals surface area contributed by atoms with Gasteiger partial charge in [0.2, 0.25) is 0 Å². The number of rotatable bonds is 5. The number of ether oxygens (including phenoxy) is 1. The number of hydrogen-bond acceptors (Lipinski definition) is 2. The smallest absolute Gasteiger partial charge is 0.128 e. The fourth-order valence-corrected chi connectivity index (χ4v) is 2.38. The molecule has 0 fully saturated rings. The van der Waals surface area contributed by atoms with Gasteiger partial charge in [-0.15, -0.1) is 0 Å². The maximum atomic E-state index is 6.31. The fourth-order valence-electron chi connectivity index (χ4n) is 2.04. The minimum Gasteiger partial charge on any atom is -0.457 e. The van der Waals surface area contributed by atoms with Crippen LogP contribution in [0.1, 0.15) is 31.0 Å². The van der Waals surface area contributed by atoms with Gasteiger partial charge in [0, 0.05) is 11.1 Å². The van der Waals surface area contributed by atoms with E-state index in [1.807, 2.05) is 37.4 Å². The summed E-state index contributed by atoms with van der Waals surface area (Å²) in [4.78, 5) is 0. The van der Waals surface area contributed by atoms with Gasteiger partial charge in [-0.1, -0.05) is 36.7 Å². The molecule has 0 saturated carbocycles. The summed E-state index contributed by atoms with van der Waals surface area (Å²) in [6, 6.07) is 14.2. The van der Waals surface area contributed by atoms with Crippen molar-refractivity contribution in [3.8, 4) is 11.5 Å². The molecule has 0 bridgehead atoms. The van der Waals surface area contributed by atoms with Crippen molar-refractivity contribution >= 4 is 11.6 Å². The molecule has 2 aromatic rings. The summed E-state index contributed by atoms with van der Waals surface area (Å²) >= 11 is 6.31. The molecule has 1 atom stereocenters. The fraction of sp³-hybridized carbons (Fsp3) is 0.294. The number of benzene rings is 2. The van der Waals surface area contributed by atoms with E-state index in [9.17, 15) is 0 Å². The Hall–Kier alpha value is -1.51. The molecule has 106 valence electrons. The van der Waals surface area contributed by atoms with Crippen LogP contribution in [0.3, 0.4) is 0 Å². The van der Waals surface area contributed by atoms with Crippen LogP contribution < -0.4 is 10.1 Å². The Balaban J connectivity index is 2.19. The lowest BCUT2D eigenvalue weighted by atomic mass is 10.1. The molecule has 1 unspecified atom stereocenters. The molecule has 0 saturated heterocycles. The van der Waals surface area contributed by atoms with Crippen molar-refractivity contribution in [2.24, 2.45) is 0 Å². The van der Waals surface area contributed by atoms with E-state index < -0.39 is 0 Å². The molecule has 0 aliphatic carbocycles. The lowest BCUT2D eigenvalue weighted by molar-refractivity contribution is 0.481. The number of nitrogens with one attached hydrogen (secondary N) is 1. The van der Waals surface area contributed by atoms with Crippen LogP contribution in [-0.4, -0.2) is 7.05 Å². The SMILES string of the molecule is CCc1cccc(Oc2ccc(C(C)NC)c(Cl)c2)c1. The van der Waals surface area contributed by atoms with Crippen molar-refractivity contribution in [1.29, 1.82) is 0 Å². The molecule has 0 aromatic heterocycles. The van der Waals surface area contributed by atoms with Gasteiger partial charge in [-0.05, 0) is 55.8 Å². The van der Waals surface area contributed by atoms with Gasteiger partial charge in [-0.25, -0.2) is 0 Å². The van der Waals surface area contributed by atoms with Gasteiger partial charge in [0.05, 0.1) is 0 Å². The Morgan fingerprint density at radius 3 is 2.55 bits per heavy atom. The van der Waals surface area contributed by atoms with Crippen molar-refractivity contribution in [2.75, 3.05) is 7.05 Å². The molecule has 0 radical (unpaired) electrons. The molecule has 2 rings (SSSR count). The first-order valence-corrected chi connectivity index (χ1v) is 7.25. The van der Waals surface area contributed by atoms with E-state index in [1.165, 1.54) is 5.56 Å². The van der Waals surface area contributed by atoms with E-state index in [0.717, 1.165) is 28.5 Å². The molecule has 1 N–H and O–H groups in total. The highest BCUT2D eigenvalue weighted by molar-refractivity contribution is 6.31. The summed E-state index contributed by atoms with van der Waals surface area (Å²) in [7, 11) is 1.92. The van der Waals surface area contributed by atoms with Gasteiger partial charge in [0.15, 0.2) is 0 Å². The second-order valence-electron chi connectivity index (χ2n) is 4.80. The Kier molecular flexibility index (Phi) is 5.05. The normalized spacial score (nSPS) is 12.2. The average molecular weight is 290 g/mol. The minimum absolute atomic E-state index is 0.222. The van der Waals surface area contributed by atoms with Crippen molar-refractivity contribution in [1.82, 2.24) is 5.32 Å². The first kappa shape index (κ1) is 14.9. The van der Waals surface area contributed by atoms with E-state index in [-0.39, 0.29) is 6.04 Å². The molecule has 2 aromatic carbocycles. The maximum absolute atomic E-state index is 6.31. The summed E-state index contributed by atoms with van der Waals surface area (Å²) < 4.78 is 5.87. The number of hydrogen-bond donors (Lipinski definition) is 1. The van der Waals surface area contributed by atoms with Crippen molar-refractivity contribution in [3.05, 3.63) is 58.6 Å².